The van der Waals surface area contributed by atoms with Crippen LogP contribution in [0.15, 0.2) is 30.3 Å². The van der Waals surface area contributed by atoms with Gasteiger partial charge in [-0.15, -0.1) is 0 Å². The number of benzene rings is 1. The van der Waals surface area contributed by atoms with E-state index >= 15 is 0 Å². The second-order valence-corrected chi connectivity index (χ2v) is 5.96. The van der Waals surface area contributed by atoms with E-state index in [1.807, 2.05) is 0 Å². The van der Waals surface area contributed by atoms with Gasteiger partial charge < -0.3 is 9.64 Å². The second kappa shape index (κ2) is 6.69. The van der Waals surface area contributed by atoms with Crippen LogP contribution in [0, 0.1) is 5.41 Å². The molecule has 2 nitrogen and oxygen atoms in total. The summed E-state index contributed by atoms with van der Waals surface area (Å²) >= 11 is 3.70. The molecule has 0 unspecified atom stereocenters. The number of nitrogens with zero attached hydrogens (tertiary/aromatic N) is 1. The minimum absolute atomic E-state index is 0.391. The van der Waals surface area contributed by atoms with E-state index in [2.05, 4.69) is 58.2 Å². The minimum atomic E-state index is 0.391. The van der Waals surface area contributed by atoms with Crippen LogP contribution in [0.2, 0.25) is 0 Å². The molecule has 2 rings (SSSR count). The van der Waals surface area contributed by atoms with Crippen molar-refractivity contribution in [3.05, 3.63) is 35.9 Å². The highest BCUT2D eigenvalue weighted by molar-refractivity contribution is 9.09. The number of ether oxygens (including phenoxy) is 1. The predicted octanol–water partition coefficient (Wildman–Crippen LogP) is 3.31. The molecule has 1 aliphatic rings. The summed E-state index contributed by atoms with van der Waals surface area (Å²) in [5.74, 6) is 0. The third kappa shape index (κ3) is 3.81. The van der Waals surface area contributed by atoms with Crippen LogP contribution in [0.4, 0.5) is 0 Å². The van der Waals surface area contributed by atoms with Gasteiger partial charge >= 0.3 is 0 Å². The van der Waals surface area contributed by atoms with E-state index in [9.17, 15) is 0 Å². The molecule has 0 saturated carbocycles. The van der Waals surface area contributed by atoms with Crippen molar-refractivity contribution in [2.24, 2.45) is 5.41 Å². The van der Waals surface area contributed by atoms with Crippen molar-refractivity contribution in [3.63, 3.8) is 0 Å². The van der Waals surface area contributed by atoms with Gasteiger partial charge in [0, 0.05) is 31.6 Å². The van der Waals surface area contributed by atoms with Crippen LogP contribution in [0.5, 0.6) is 0 Å². The zero-order valence-corrected chi connectivity index (χ0v) is 12.7. The highest BCUT2D eigenvalue weighted by atomic mass is 79.9. The number of rotatable bonds is 5. The highest BCUT2D eigenvalue weighted by Gasteiger charge is 2.32. The van der Waals surface area contributed by atoms with E-state index in [0.717, 1.165) is 44.5 Å². The predicted molar refractivity (Wildman–Crippen MR) is 79.1 cm³/mol. The van der Waals surface area contributed by atoms with Crippen molar-refractivity contribution >= 4 is 15.9 Å². The molecule has 0 atom stereocenters. The molecule has 0 bridgehead atoms. The third-order valence-electron chi connectivity index (χ3n) is 3.74. The average molecular weight is 312 g/mol. The van der Waals surface area contributed by atoms with Crippen molar-refractivity contribution < 1.29 is 4.74 Å². The highest BCUT2D eigenvalue weighted by Crippen LogP contribution is 2.33. The van der Waals surface area contributed by atoms with Crippen LogP contribution in [0.1, 0.15) is 18.4 Å². The number of hydrogen-bond acceptors (Lipinski definition) is 2. The summed E-state index contributed by atoms with van der Waals surface area (Å²) in [5, 5.41) is 1.07. The lowest BCUT2D eigenvalue weighted by Gasteiger charge is -2.38. The molecular weight excluding hydrogens is 290 g/mol. The molecule has 1 aliphatic heterocycles. The summed E-state index contributed by atoms with van der Waals surface area (Å²) < 4.78 is 5.49. The number of alkyl halides is 1. The molecule has 1 heterocycles. The topological polar surface area (TPSA) is 12.5 Å². The average Bonchev–Trinajstić information content (AvgIpc) is 2.41. The first-order valence-electron chi connectivity index (χ1n) is 6.60. The summed E-state index contributed by atoms with van der Waals surface area (Å²) in [5.41, 5.74) is 1.78. The standard InChI is InChI=1S/C15H22BrNO/c1-17(11-14-5-3-2-4-6-14)13-15(12-16)7-9-18-10-8-15/h2-6H,7-13H2,1H3. The minimum Gasteiger partial charge on any atom is -0.381 e. The number of halogens is 1. The summed E-state index contributed by atoms with van der Waals surface area (Å²) in [6.45, 7) is 3.97. The molecule has 0 aliphatic carbocycles. The zero-order chi connectivity index (χ0) is 12.8. The van der Waals surface area contributed by atoms with Gasteiger partial charge in [0.15, 0.2) is 0 Å². The van der Waals surface area contributed by atoms with Crippen molar-refractivity contribution in [1.82, 2.24) is 4.90 Å². The Bertz CT molecular complexity index is 349. The van der Waals surface area contributed by atoms with Crippen LogP contribution in [-0.4, -0.2) is 37.0 Å². The van der Waals surface area contributed by atoms with Gasteiger partial charge in [0.25, 0.3) is 0 Å². The van der Waals surface area contributed by atoms with E-state index < -0.39 is 0 Å². The molecule has 1 saturated heterocycles. The van der Waals surface area contributed by atoms with Gasteiger partial charge in [-0.25, -0.2) is 0 Å². The Morgan fingerprint density at radius 3 is 2.50 bits per heavy atom. The molecule has 0 aromatic heterocycles. The van der Waals surface area contributed by atoms with E-state index in [0.29, 0.717) is 5.41 Å². The maximum atomic E-state index is 5.49. The van der Waals surface area contributed by atoms with Gasteiger partial charge in [0.1, 0.15) is 0 Å². The van der Waals surface area contributed by atoms with Crippen LogP contribution < -0.4 is 0 Å². The van der Waals surface area contributed by atoms with Gasteiger partial charge in [-0.2, -0.15) is 0 Å². The molecule has 0 N–H and O–H groups in total. The maximum absolute atomic E-state index is 5.49. The Morgan fingerprint density at radius 2 is 1.89 bits per heavy atom. The Morgan fingerprint density at radius 1 is 1.22 bits per heavy atom. The van der Waals surface area contributed by atoms with Gasteiger partial charge in [0.2, 0.25) is 0 Å². The van der Waals surface area contributed by atoms with Crippen molar-refractivity contribution in [1.29, 1.82) is 0 Å². The fraction of sp³-hybridized carbons (Fsp3) is 0.600. The van der Waals surface area contributed by atoms with Gasteiger partial charge in [-0.3, -0.25) is 0 Å². The number of hydrogen-bond donors (Lipinski definition) is 0. The normalized spacial score (nSPS) is 19.1. The van der Waals surface area contributed by atoms with Crippen molar-refractivity contribution in [2.45, 2.75) is 19.4 Å². The molecule has 3 heteroatoms. The zero-order valence-electron chi connectivity index (χ0n) is 11.1. The quantitative estimate of drug-likeness (QED) is 0.774. The van der Waals surface area contributed by atoms with Crippen LogP contribution in [-0.2, 0) is 11.3 Å². The lowest BCUT2D eigenvalue weighted by Crippen LogP contribution is -2.41. The molecular formula is C15H22BrNO. The van der Waals surface area contributed by atoms with Gasteiger partial charge in [0.05, 0.1) is 0 Å². The van der Waals surface area contributed by atoms with E-state index in [4.69, 9.17) is 4.74 Å². The first-order valence-corrected chi connectivity index (χ1v) is 7.72. The Balaban J connectivity index is 1.91. The summed E-state index contributed by atoms with van der Waals surface area (Å²) in [4.78, 5) is 2.43. The van der Waals surface area contributed by atoms with Gasteiger partial charge in [-0.1, -0.05) is 46.3 Å². The molecule has 18 heavy (non-hydrogen) atoms. The molecule has 1 aromatic rings. The van der Waals surface area contributed by atoms with E-state index in [1.54, 1.807) is 0 Å². The second-order valence-electron chi connectivity index (χ2n) is 5.40. The van der Waals surface area contributed by atoms with Crippen molar-refractivity contribution in [3.8, 4) is 0 Å². The summed E-state index contributed by atoms with van der Waals surface area (Å²) in [6.07, 6.45) is 2.33. The smallest absolute Gasteiger partial charge is 0.0472 e. The summed E-state index contributed by atoms with van der Waals surface area (Å²) in [6, 6.07) is 10.7. The fourth-order valence-electron chi connectivity index (χ4n) is 2.66. The Kier molecular flexibility index (Phi) is 5.22. The Hall–Kier alpha value is -0.380. The maximum Gasteiger partial charge on any atom is 0.0472 e. The molecule has 1 fully saturated rings. The third-order valence-corrected chi connectivity index (χ3v) is 4.93. The van der Waals surface area contributed by atoms with Crippen LogP contribution in [0.3, 0.4) is 0 Å². The summed E-state index contributed by atoms with van der Waals surface area (Å²) in [7, 11) is 2.22. The molecule has 0 radical (unpaired) electrons. The van der Waals surface area contributed by atoms with E-state index in [-0.39, 0.29) is 0 Å². The SMILES string of the molecule is CN(Cc1ccccc1)CC1(CBr)CCOCC1. The first-order chi connectivity index (χ1) is 8.74. The largest absolute Gasteiger partial charge is 0.381 e. The van der Waals surface area contributed by atoms with Crippen molar-refractivity contribution in [2.75, 3.05) is 32.1 Å². The lowest BCUT2D eigenvalue weighted by molar-refractivity contribution is 0.0110. The fourth-order valence-corrected chi connectivity index (χ4v) is 3.40. The Labute approximate surface area is 118 Å². The molecule has 100 valence electrons. The lowest BCUT2D eigenvalue weighted by atomic mass is 9.82. The monoisotopic (exact) mass is 311 g/mol. The molecule has 1 aromatic carbocycles. The first kappa shape index (κ1) is 14.0. The van der Waals surface area contributed by atoms with Gasteiger partial charge in [-0.05, 0) is 30.9 Å². The van der Waals surface area contributed by atoms with Crippen LogP contribution in [0.25, 0.3) is 0 Å². The van der Waals surface area contributed by atoms with E-state index in [1.165, 1.54) is 5.56 Å². The molecule has 0 spiro atoms. The van der Waals surface area contributed by atoms with Crippen LogP contribution >= 0.6 is 15.9 Å². The molecule has 0 amide bonds.